The molecule has 2 nitrogen and oxygen atoms in total. The van der Waals surface area contributed by atoms with Gasteiger partial charge in [0.05, 0.1) is 5.56 Å². The molecular weight excluding hydrogens is 270 g/mol. The SMILES string of the molecule is Cc1cc[n+]2c(c1)-c1c(ccc3c1oc1ccccc13)CC2. The van der Waals surface area contributed by atoms with Crippen LogP contribution < -0.4 is 4.57 Å². The normalized spacial score (nSPS) is 13.3. The topological polar surface area (TPSA) is 17.0 Å². The molecule has 1 aliphatic rings. The largest absolute Gasteiger partial charge is 0.455 e. The van der Waals surface area contributed by atoms with Gasteiger partial charge in [0.15, 0.2) is 12.7 Å². The highest BCUT2D eigenvalue weighted by Crippen LogP contribution is 2.38. The van der Waals surface area contributed by atoms with E-state index in [1.165, 1.54) is 33.2 Å². The van der Waals surface area contributed by atoms with Crippen molar-refractivity contribution < 1.29 is 8.98 Å². The van der Waals surface area contributed by atoms with Crippen molar-refractivity contribution in [2.24, 2.45) is 0 Å². The number of hydrogen-bond acceptors (Lipinski definition) is 1. The van der Waals surface area contributed by atoms with Crippen molar-refractivity contribution in [3.8, 4) is 11.3 Å². The summed E-state index contributed by atoms with van der Waals surface area (Å²) in [6.45, 7) is 3.18. The minimum absolute atomic E-state index is 0.968. The average molecular weight is 286 g/mol. The fraction of sp³-hybridized carbons (Fsp3) is 0.150. The Balaban J connectivity index is 1.96. The molecule has 0 saturated carbocycles. The van der Waals surface area contributed by atoms with Crippen molar-refractivity contribution in [2.75, 3.05) is 0 Å². The highest BCUT2D eigenvalue weighted by molar-refractivity contribution is 6.09. The molecule has 0 spiro atoms. The summed E-state index contributed by atoms with van der Waals surface area (Å²) >= 11 is 0. The summed E-state index contributed by atoms with van der Waals surface area (Å²) in [5.41, 5.74) is 7.20. The van der Waals surface area contributed by atoms with Crippen LogP contribution in [0.2, 0.25) is 0 Å². The maximum atomic E-state index is 6.23. The van der Waals surface area contributed by atoms with Gasteiger partial charge in [-0.2, -0.15) is 4.57 Å². The van der Waals surface area contributed by atoms with Crippen LogP contribution in [0.3, 0.4) is 0 Å². The van der Waals surface area contributed by atoms with Crippen LogP contribution in [0.25, 0.3) is 33.2 Å². The van der Waals surface area contributed by atoms with Crippen LogP contribution in [0.4, 0.5) is 0 Å². The number of aryl methyl sites for hydroxylation is 3. The number of aromatic nitrogens is 1. The molecule has 0 N–H and O–H groups in total. The lowest BCUT2D eigenvalue weighted by molar-refractivity contribution is -0.687. The first-order chi connectivity index (χ1) is 10.8. The van der Waals surface area contributed by atoms with Gasteiger partial charge in [0, 0.05) is 29.3 Å². The highest BCUT2D eigenvalue weighted by Gasteiger charge is 2.27. The van der Waals surface area contributed by atoms with E-state index in [1.54, 1.807) is 0 Å². The van der Waals surface area contributed by atoms with E-state index in [0.717, 1.165) is 24.1 Å². The molecule has 106 valence electrons. The van der Waals surface area contributed by atoms with Gasteiger partial charge in [0.25, 0.3) is 0 Å². The molecule has 0 aliphatic carbocycles. The van der Waals surface area contributed by atoms with Crippen molar-refractivity contribution in [1.29, 1.82) is 0 Å². The number of furan rings is 1. The Morgan fingerprint density at radius 1 is 1.00 bits per heavy atom. The number of nitrogens with zero attached hydrogens (tertiary/aromatic N) is 1. The van der Waals surface area contributed by atoms with Gasteiger partial charge in [0.1, 0.15) is 11.2 Å². The van der Waals surface area contributed by atoms with Gasteiger partial charge in [-0.25, -0.2) is 0 Å². The van der Waals surface area contributed by atoms with Gasteiger partial charge in [-0.05, 0) is 24.1 Å². The molecule has 0 unspecified atom stereocenters. The summed E-state index contributed by atoms with van der Waals surface area (Å²) < 4.78 is 8.57. The summed E-state index contributed by atoms with van der Waals surface area (Å²) in [5.74, 6) is 0. The van der Waals surface area contributed by atoms with Gasteiger partial charge in [-0.1, -0.05) is 30.3 Å². The number of para-hydroxylation sites is 1. The Morgan fingerprint density at radius 3 is 2.86 bits per heavy atom. The van der Waals surface area contributed by atoms with Crippen LogP contribution in [0.5, 0.6) is 0 Å². The summed E-state index contributed by atoms with van der Waals surface area (Å²) in [6.07, 6.45) is 3.25. The number of benzene rings is 2. The van der Waals surface area contributed by atoms with Crippen molar-refractivity contribution in [3.63, 3.8) is 0 Å². The van der Waals surface area contributed by atoms with Crippen molar-refractivity contribution in [1.82, 2.24) is 0 Å². The van der Waals surface area contributed by atoms with E-state index in [2.05, 4.69) is 60.2 Å². The zero-order valence-electron chi connectivity index (χ0n) is 12.5. The van der Waals surface area contributed by atoms with E-state index < -0.39 is 0 Å². The molecule has 3 heterocycles. The van der Waals surface area contributed by atoms with E-state index in [-0.39, 0.29) is 0 Å². The summed E-state index contributed by atoms with van der Waals surface area (Å²) in [7, 11) is 0. The second-order valence-corrected chi connectivity index (χ2v) is 6.11. The minimum Gasteiger partial charge on any atom is -0.455 e. The summed E-state index contributed by atoms with van der Waals surface area (Å²) in [4.78, 5) is 0. The predicted molar refractivity (Wildman–Crippen MR) is 87.8 cm³/mol. The van der Waals surface area contributed by atoms with Crippen LogP contribution in [0.15, 0.2) is 59.1 Å². The van der Waals surface area contributed by atoms with Crippen molar-refractivity contribution >= 4 is 21.9 Å². The molecule has 2 heteroatoms. The fourth-order valence-electron chi connectivity index (χ4n) is 3.60. The van der Waals surface area contributed by atoms with Gasteiger partial charge < -0.3 is 4.42 Å². The first-order valence-electron chi connectivity index (χ1n) is 7.75. The Kier molecular flexibility index (Phi) is 2.29. The van der Waals surface area contributed by atoms with E-state index in [1.807, 2.05) is 6.07 Å². The van der Waals surface area contributed by atoms with E-state index in [0.29, 0.717) is 0 Å². The molecule has 0 fully saturated rings. The lowest BCUT2D eigenvalue weighted by Gasteiger charge is -2.15. The quantitative estimate of drug-likeness (QED) is 0.438. The Labute approximate surface area is 128 Å². The van der Waals surface area contributed by atoms with Crippen LogP contribution in [-0.4, -0.2) is 0 Å². The zero-order chi connectivity index (χ0) is 14.7. The van der Waals surface area contributed by atoms with Crippen LogP contribution in [0, 0.1) is 6.92 Å². The Hall–Kier alpha value is -2.61. The molecule has 2 aromatic heterocycles. The third kappa shape index (κ3) is 1.52. The number of rotatable bonds is 0. The van der Waals surface area contributed by atoms with Crippen molar-refractivity contribution in [3.05, 3.63) is 65.9 Å². The minimum atomic E-state index is 0.968. The smallest absolute Gasteiger partial charge is 0.216 e. The molecule has 0 bridgehead atoms. The third-order valence-corrected chi connectivity index (χ3v) is 4.70. The molecular formula is C20H16NO+. The second-order valence-electron chi connectivity index (χ2n) is 6.11. The van der Waals surface area contributed by atoms with Crippen LogP contribution >= 0.6 is 0 Å². The maximum absolute atomic E-state index is 6.23. The molecule has 0 radical (unpaired) electrons. The average Bonchev–Trinajstić information content (AvgIpc) is 2.93. The molecule has 4 aromatic rings. The highest BCUT2D eigenvalue weighted by atomic mass is 16.3. The number of hydrogen-bond donors (Lipinski definition) is 0. The Morgan fingerprint density at radius 2 is 1.91 bits per heavy atom. The molecule has 0 atom stereocenters. The first-order valence-corrected chi connectivity index (χ1v) is 7.75. The van der Waals surface area contributed by atoms with Crippen molar-refractivity contribution in [2.45, 2.75) is 19.9 Å². The van der Waals surface area contributed by atoms with Crippen LogP contribution in [-0.2, 0) is 13.0 Å². The molecule has 1 aliphatic heterocycles. The molecule has 0 amide bonds. The van der Waals surface area contributed by atoms with E-state index >= 15 is 0 Å². The first kappa shape index (κ1) is 12.0. The molecule has 0 saturated heterocycles. The monoisotopic (exact) mass is 286 g/mol. The zero-order valence-corrected chi connectivity index (χ0v) is 12.5. The second kappa shape index (κ2) is 4.20. The summed E-state index contributed by atoms with van der Waals surface area (Å²) in [5, 5.41) is 2.41. The van der Waals surface area contributed by atoms with Gasteiger partial charge in [-0.15, -0.1) is 0 Å². The standard InChI is InChI=1S/C20H16NO/c1-13-8-10-21-11-9-14-6-7-16-15-4-2-3-5-18(15)22-20(16)19(14)17(21)12-13/h2-8,10,12H,9,11H2,1H3/q+1. The molecule has 2 aromatic carbocycles. The lowest BCUT2D eigenvalue weighted by atomic mass is 9.94. The van der Waals surface area contributed by atoms with Crippen LogP contribution in [0.1, 0.15) is 11.1 Å². The molecule has 5 rings (SSSR count). The van der Waals surface area contributed by atoms with Gasteiger partial charge in [-0.3, -0.25) is 0 Å². The Bertz CT molecular complexity index is 1040. The van der Waals surface area contributed by atoms with E-state index in [9.17, 15) is 0 Å². The number of pyridine rings is 1. The van der Waals surface area contributed by atoms with Gasteiger partial charge >= 0.3 is 0 Å². The maximum Gasteiger partial charge on any atom is 0.216 e. The van der Waals surface area contributed by atoms with Gasteiger partial charge in [0.2, 0.25) is 5.69 Å². The number of fused-ring (bicyclic) bond motifs is 7. The summed E-state index contributed by atoms with van der Waals surface area (Å²) in [6, 6.07) is 17.2. The third-order valence-electron chi connectivity index (χ3n) is 4.70. The predicted octanol–water partition coefficient (Wildman–Crippen LogP) is 4.41. The molecule has 22 heavy (non-hydrogen) atoms. The fourth-order valence-corrected chi connectivity index (χ4v) is 3.60. The van der Waals surface area contributed by atoms with E-state index in [4.69, 9.17) is 4.42 Å². The lowest BCUT2D eigenvalue weighted by Crippen LogP contribution is -2.40.